The lowest BCUT2D eigenvalue weighted by Gasteiger charge is -2.29. The van der Waals surface area contributed by atoms with E-state index < -0.39 is 35.7 Å². The van der Waals surface area contributed by atoms with E-state index >= 15 is 0 Å². The predicted molar refractivity (Wildman–Crippen MR) is 130 cm³/mol. The normalized spacial score (nSPS) is 16.5. The third-order valence-corrected chi connectivity index (χ3v) is 7.29. The third kappa shape index (κ3) is 6.42. The molecule has 2 atom stereocenters. The Bertz CT molecular complexity index is 1090. The first-order valence-corrected chi connectivity index (χ1v) is 12.2. The first-order valence-electron chi connectivity index (χ1n) is 11.8. The average molecular weight is 528 g/mol. The van der Waals surface area contributed by atoms with Crippen molar-refractivity contribution in [1.82, 2.24) is 15.2 Å². The van der Waals surface area contributed by atoms with Crippen LogP contribution in [-0.4, -0.2) is 54.4 Å². The summed E-state index contributed by atoms with van der Waals surface area (Å²) in [5, 5.41) is 3.20. The summed E-state index contributed by atoms with van der Waals surface area (Å²) >= 11 is 6.39. The number of aromatic nitrogens is 1. The van der Waals surface area contributed by atoms with Crippen LogP contribution in [0.5, 0.6) is 0 Å². The Kier molecular flexibility index (Phi) is 8.77. The molecule has 0 radical (unpaired) electrons. The van der Waals surface area contributed by atoms with Gasteiger partial charge in [0.25, 0.3) is 0 Å². The highest BCUT2D eigenvalue weighted by Crippen LogP contribution is 2.65. The van der Waals surface area contributed by atoms with Crippen LogP contribution in [0.4, 0.5) is 17.6 Å². The number of benzene rings is 1. The number of likely N-dealkylation sites (N-methyl/N-ethyl adjacent to an activating group) is 1. The second-order valence-corrected chi connectivity index (χ2v) is 9.93. The molecule has 3 rings (SSSR count). The molecular formula is C26H30ClF4N3O2. The molecule has 5 nitrogen and oxygen atoms in total. The zero-order valence-electron chi connectivity index (χ0n) is 20.5. The molecule has 36 heavy (non-hydrogen) atoms. The fourth-order valence-corrected chi connectivity index (χ4v) is 4.67. The number of hydrogen-bond donors (Lipinski definition) is 1. The molecule has 0 aliphatic heterocycles. The van der Waals surface area contributed by atoms with Gasteiger partial charge >= 0.3 is 6.18 Å². The van der Waals surface area contributed by atoms with Crippen molar-refractivity contribution in [2.45, 2.75) is 57.2 Å². The number of carbonyl (C=O) groups is 2. The van der Waals surface area contributed by atoms with Gasteiger partial charge in [0.05, 0.1) is 11.6 Å². The van der Waals surface area contributed by atoms with Crippen LogP contribution in [0.15, 0.2) is 36.5 Å². The topological polar surface area (TPSA) is 62.3 Å². The molecule has 0 spiro atoms. The van der Waals surface area contributed by atoms with E-state index in [0.717, 1.165) is 17.8 Å². The molecule has 1 fully saturated rings. The number of rotatable bonds is 11. The lowest BCUT2D eigenvalue weighted by atomic mass is 9.82. The first kappa shape index (κ1) is 28.1. The molecule has 1 amide bonds. The summed E-state index contributed by atoms with van der Waals surface area (Å²) in [5.74, 6) is -2.41. The van der Waals surface area contributed by atoms with E-state index in [2.05, 4.69) is 10.3 Å². The van der Waals surface area contributed by atoms with E-state index in [1.807, 2.05) is 19.0 Å². The minimum absolute atomic E-state index is 0.0163. The molecule has 2 aromatic rings. The molecule has 1 aromatic carbocycles. The van der Waals surface area contributed by atoms with Gasteiger partial charge in [0.2, 0.25) is 5.91 Å². The highest BCUT2D eigenvalue weighted by molar-refractivity contribution is 6.31. The number of carbonyl (C=O) groups excluding carboxylic acids is 2. The molecule has 1 aromatic heterocycles. The Morgan fingerprint density at radius 1 is 1.19 bits per heavy atom. The Morgan fingerprint density at radius 2 is 1.89 bits per heavy atom. The molecule has 196 valence electrons. The monoisotopic (exact) mass is 527 g/mol. The van der Waals surface area contributed by atoms with E-state index in [4.69, 9.17) is 11.6 Å². The number of amides is 1. The zero-order valence-corrected chi connectivity index (χ0v) is 21.2. The van der Waals surface area contributed by atoms with E-state index in [1.54, 1.807) is 25.1 Å². The molecular weight excluding hydrogens is 498 g/mol. The van der Waals surface area contributed by atoms with Gasteiger partial charge in [-0.15, -0.1) is 0 Å². The summed E-state index contributed by atoms with van der Waals surface area (Å²) in [6.07, 6.45) is -3.40. The van der Waals surface area contributed by atoms with Crippen LogP contribution in [0.25, 0.3) is 0 Å². The molecule has 0 saturated heterocycles. The summed E-state index contributed by atoms with van der Waals surface area (Å²) in [6, 6.07) is 7.20. The van der Waals surface area contributed by atoms with E-state index in [0.29, 0.717) is 23.4 Å². The summed E-state index contributed by atoms with van der Waals surface area (Å²) in [5.41, 5.74) is -0.653. The number of pyridine rings is 1. The zero-order chi connectivity index (χ0) is 26.7. The van der Waals surface area contributed by atoms with Gasteiger partial charge in [0.15, 0.2) is 5.78 Å². The van der Waals surface area contributed by atoms with Gasteiger partial charge in [0.1, 0.15) is 5.82 Å². The molecule has 1 aliphatic rings. The summed E-state index contributed by atoms with van der Waals surface area (Å²) < 4.78 is 55.0. The summed E-state index contributed by atoms with van der Waals surface area (Å²) in [6.45, 7) is 1.95. The second-order valence-electron chi connectivity index (χ2n) is 9.52. The molecule has 10 heteroatoms. The first-order chi connectivity index (χ1) is 16.9. The summed E-state index contributed by atoms with van der Waals surface area (Å²) in [4.78, 5) is 30.5. The Hall–Kier alpha value is -2.52. The fraction of sp³-hybridized carbons (Fsp3) is 0.500. The number of nitrogens with zero attached hydrogens (tertiary/aromatic N) is 2. The Balaban J connectivity index is 1.70. The van der Waals surface area contributed by atoms with Gasteiger partial charge in [-0.05, 0) is 57.1 Å². The number of nitrogens with one attached hydrogen (secondary N) is 1. The van der Waals surface area contributed by atoms with Gasteiger partial charge in [-0.2, -0.15) is 13.2 Å². The average Bonchev–Trinajstić information content (AvgIpc) is 3.63. The van der Waals surface area contributed by atoms with Gasteiger partial charge in [-0.1, -0.05) is 30.7 Å². The smallest absolute Gasteiger partial charge is 0.355 e. The van der Waals surface area contributed by atoms with Crippen molar-refractivity contribution in [3.8, 4) is 0 Å². The minimum Gasteiger partial charge on any atom is -0.355 e. The van der Waals surface area contributed by atoms with Crippen molar-refractivity contribution in [3.63, 3.8) is 0 Å². The van der Waals surface area contributed by atoms with Gasteiger partial charge < -0.3 is 10.2 Å². The molecule has 0 bridgehead atoms. The highest BCUT2D eigenvalue weighted by atomic mass is 35.5. The maximum absolute atomic E-state index is 13.9. The van der Waals surface area contributed by atoms with Crippen LogP contribution in [0.1, 0.15) is 60.1 Å². The standard InChI is InChI=1S/C26H30ClF4N3O2/c1-4-23(35)17-6-5-16(21(27)12-17)11-19(34(2)3)15-33-24(36)13-20(22-8-7-18(28)14-32-22)25(9-10-25)26(29,30)31/h5-8,12,14,19-20H,4,9-11,13,15H2,1-3H3,(H,33,36)/t19-,20?/m0/s1. The lowest BCUT2D eigenvalue weighted by Crippen LogP contribution is -2.43. The van der Waals surface area contributed by atoms with E-state index in [1.165, 1.54) is 6.07 Å². The van der Waals surface area contributed by atoms with Crippen LogP contribution in [0.3, 0.4) is 0 Å². The minimum atomic E-state index is -4.50. The van der Waals surface area contributed by atoms with E-state index in [9.17, 15) is 27.2 Å². The Morgan fingerprint density at radius 3 is 2.39 bits per heavy atom. The van der Waals surface area contributed by atoms with Gasteiger partial charge in [-0.25, -0.2) is 4.39 Å². The third-order valence-electron chi connectivity index (χ3n) is 6.93. The quantitative estimate of drug-likeness (QED) is 0.306. The SMILES string of the molecule is CCC(=O)c1ccc(C[C@@H](CNC(=O)CC(c2ccc(F)cn2)C2(C(F)(F)F)CC2)N(C)C)c(Cl)c1. The predicted octanol–water partition coefficient (Wildman–Crippen LogP) is 5.57. The maximum atomic E-state index is 13.9. The maximum Gasteiger partial charge on any atom is 0.395 e. The molecule has 1 saturated carbocycles. The van der Waals surface area contributed by atoms with Crippen molar-refractivity contribution in [2.75, 3.05) is 20.6 Å². The lowest BCUT2D eigenvalue weighted by molar-refractivity contribution is -0.195. The number of ketones is 1. The molecule has 1 heterocycles. The van der Waals surface area contributed by atoms with Crippen LogP contribution < -0.4 is 5.32 Å². The molecule has 1 aliphatic carbocycles. The van der Waals surface area contributed by atoms with Crippen LogP contribution in [-0.2, 0) is 11.2 Å². The van der Waals surface area contributed by atoms with Crippen LogP contribution >= 0.6 is 11.6 Å². The number of Topliss-reactive ketones (excluding diaryl/α,β-unsaturated/α-hetero) is 1. The summed E-state index contributed by atoms with van der Waals surface area (Å²) in [7, 11) is 3.65. The second kappa shape index (κ2) is 11.3. The molecule has 1 N–H and O–H groups in total. The largest absolute Gasteiger partial charge is 0.395 e. The van der Waals surface area contributed by atoms with Crippen molar-refractivity contribution >= 4 is 23.3 Å². The fourth-order valence-electron chi connectivity index (χ4n) is 4.41. The highest BCUT2D eigenvalue weighted by Gasteiger charge is 2.67. The van der Waals surface area contributed by atoms with Crippen LogP contribution in [0.2, 0.25) is 5.02 Å². The number of halogens is 5. The van der Waals surface area contributed by atoms with Gasteiger partial charge in [-0.3, -0.25) is 14.6 Å². The molecule has 1 unspecified atom stereocenters. The van der Waals surface area contributed by atoms with Crippen molar-refractivity contribution in [2.24, 2.45) is 5.41 Å². The number of hydrogen-bond acceptors (Lipinski definition) is 4. The van der Waals surface area contributed by atoms with Crippen molar-refractivity contribution in [1.29, 1.82) is 0 Å². The van der Waals surface area contributed by atoms with Crippen molar-refractivity contribution < 1.29 is 27.2 Å². The van der Waals surface area contributed by atoms with E-state index in [-0.39, 0.29) is 36.9 Å². The Labute approximate surface area is 213 Å². The number of alkyl halides is 3. The van der Waals surface area contributed by atoms with Crippen LogP contribution in [0, 0.1) is 11.2 Å². The van der Waals surface area contributed by atoms with Crippen molar-refractivity contribution in [3.05, 3.63) is 64.2 Å². The van der Waals surface area contributed by atoms with Gasteiger partial charge in [0, 0.05) is 47.6 Å².